The van der Waals surface area contributed by atoms with Gasteiger partial charge in [0.25, 0.3) is 0 Å². The number of fused-ring (bicyclic) bond motifs is 1. The van der Waals surface area contributed by atoms with Gasteiger partial charge >= 0.3 is 5.97 Å². The van der Waals surface area contributed by atoms with E-state index in [2.05, 4.69) is 37.3 Å². The van der Waals surface area contributed by atoms with Crippen LogP contribution in [0.25, 0.3) is 0 Å². The smallest absolute Gasteiger partial charge is 0.308 e. The first-order valence-corrected chi connectivity index (χ1v) is 10.8. The van der Waals surface area contributed by atoms with Gasteiger partial charge in [0.05, 0.1) is 18.6 Å². The number of carbonyl (C=O) groups is 1. The van der Waals surface area contributed by atoms with Gasteiger partial charge in [0.15, 0.2) is 0 Å². The van der Waals surface area contributed by atoms with Crippen LogP contribution in [0.15, 0.2) is 42.5 Å². The molecule has 29 heavy (non-hydrogen) atoms. The molecule has 0 N–H and O–H groups in total. The number of esters is 1. The van der Waals surface area contributed by atoms with Crippen molar-refractivity contribution in [1.29, 1.82) is 0 Å². The van der Waals surface area contributed by atoms with Crippen molar-refractivity contribution in [2.75, 3.05) is 6.61 Å². The summed E-state index contributed by atoms with van der Waals surface area (Å²) in [5.74, 6) is 1.84. The number of ether oxygens (including phenoxy) is 3. The zero-order valence-corrected chi connectivity index (χ0v) is 17.4. The molecular weight excluding hydrogens is 364 g/mol. The maximum atomic E-state index is 11.9. The number of hydrogen-bond donors (Lipinski definition) is 0. The Balaban J connectivity index is 1.35. The first-order valence-electron chi connectivity index (χ1n) is 10.8. The molecule has 1 saturated carbocycles. The van der Waals surface area contributed by atoms with Crippen molar-refractivity contribution >= 4 is 5.97 Å². The van der Waals surface area contributed by atoms with Gasteiger partial charge in [-0.2, -0.15) is 0 Å². The van der Waals surface area contributed by atoms with Crippen LogP contribution in [0.1, 0.15) is 61.8 Å². The predicted molar refractivity (Wildman–Crippen MR) is 112 cm³/mol. The fourth-order valence-corrected chi connectivity index (χ4v) is 4.47. The van der Waals surface area contributed by atoms with E-state index < -0.39 is 0 Å². The van der Waals surface area contributed by atoms with Crippen LogP contribution in [-0.2, 0) is 16.0 Å². The van der Waals surface area contributed by atoms with Gasteiger partial charge in [-0.3, -0.25) is 4.79 Å². The average molecular weight is 395 g/mol. The normalized spacial score (nSPS) is 23.6. The lowest BCUT2D eigenvalue weighted by Crippen LogP contribution is -2.29. The van der Waals surface area contributed by atoms with Gasteiger partial charge in [-0.15, -0.1) is 0 Å². The second-order valence-corrected chi connectivity index (χ2v) is 8.11. The van der Waals surface area contributed by atoms with E-state index in [4.69, 9.17) is 14.2 Å². The number of rotatable bonds is 5. The van der Waals surface area contributed by atoms with E-state index >= 15 is 0 Å². The highest BCUT2D eigenvalue weighted by molar-refractivity contribution is 5.72. The molecule has 0 spiro atoms. The number of benzene rings is 2. The van der Waals surface area contributed by atoms with E-state index in [0.29, 0.717) is 6.61 Å². The Morgan fingerprint density at radius 1 is 1.07 bits per heavy atom. The second-order valence-electron chi connectivity index (χ2n) is 8.11. The van der Waals surface area contributed by atoms with Gasteiger partial charge in [-0.05, 0) is 87.3 Å². The van der Waals surface area contributed by atoms with E-state index in [0.717, 1.165) is 50.0 Å². The van der Waals surface area contributed by atoms with Crippen molar-refractivity contribution in [3.05, 3.63) is 59.2 Å². The molecule has 2 aromatic rings. The fraction of sp³-hybridized carbons (Fsp3) is 0.480. The molecular formula is C25H30O4. The van der Waals surface area contributed by atoms with Crippen LogP contribution >= 0.6 is 0 Å². The highest BCUT2D eigenvalue weighted by atomic mass is 16.5. The van der Waals surface area contributed by atoms with Crippen molar-refractivity contribution < 1.29 is 19.0 Å². The molecule has 0 aromatic heterocycles. The van der Waals surface area contributed by atoms with E-state index in [1.807, 2.05) is 19.1 Å². The zero-order chi connectivity index (χ0) is 20.2. The first-order chi connectivity index (χ1) is 14.1. The Morgan fingerprint density at radius 2 is 1.86 bits per heavy atom. The SMILES string of the molecule is CCOC(=O)[C@H]1CC[C@@H](Oc2ccc3c(c2)CCC(c2ccccc2C)O3)CC1. The van der Waals surface area contributed by atoms with Crippen LogP contribution in [-0.4, -0.2) is 18.7 Å². The predicted octanol–water partition coefficient (Wildman–Crippen LogP) is 5.56. The topological polar surface area (TPSA) is 44.8 Å². The summed E-state index contributed by atoms with van der Waals surface area (Å²) in [6, 6.07) is 14.6. The quantitative estimate of drug-likeness (QED) is 0.623. The van der Waals surface area contributed by atoms with Gasteiger partial charge in [0.2, 0.25) is 0 Å². The Bertz CT molecular complexity index is 852. The number of aryl methyl sites for hydroxylation is 2. The van der Waals surface area contributed by atoms with Crippen LogP contribution in [0, 0.1) is 12.8 Å². The summed E-state index contributed by atoms with van der Waals surface area (Å²) in [6.45, 7) is 4.45. The highest BCUT2D eigenvalue weighted by Gasteiger charge is 2.29. The third kappa shape index (κ3) is 4.58. The monoisotopic (exact) mass is 394 g/mol. The summed E-state index contributed by atoms with van der Waals surface area (Å²) < 4.78 is 17.7. The largest absolute Gasteiger partial charge is 0.490 e. The van der Waals surface area contributed by atoms with Crippen molar-refractivity contribution in [3.8, 4) is 11.5 Å². The van der Waals surface area contributed by atoms with E-state index in [1.54, 1.807) is 0 Å². The van der Waals surface area contributed by atoms with E-state index in [-0.39, 0.29) is 24.1 Å². The minimum absolute atomic E-state index is 0.0325. The van der Waals surface area contributed by atoms with Crippen LogP contribution in [0.4, 0.5) is 0 Å². The molecule has 1 aliphatic carbocycles. The Morgan fingerprint density at radius 3 is 2.62 bits per heavy atom. The van der Waals surface area contributed by atoms with E-state index in [1.165, 1.54) is 16.7 Å². The lowest BCUT2D eigenvalue weighted by Gasteiger charge is -2.30. The summed E-state index contributed by atoms with van der Waals surface area (Å²) in [4.78, 5) is 11.9. The molecule has 4 heteroatoms. The summed E-state index contributed by atoms with van der Waals surface area (Å²) in [6.07, 6.45) is 5.73. The minimum Gasteiger partial charge on any atom is -0.490 e. The molecule has 1 unspecified atom stereocenters. The maximum absolute atomic E-state index is 11.9. The molecule has 2 aromatic carbocycles. The summed E-state index contributed by atoms with van der Waals surface area (Å²) in [5, 5.41) is 0. The Hall–Kier alpha value is -2.49. The molecule has 154 valence electrons. The van der Waals surface area contributed by atoms with Crippen LogP contribution in [0.3, 0.4) is 0 Å². The van der Waals surface area contributed by atoms with Crippen molar-refractivity contribution in [2.45, 2.75) is 64.6 Å². The van der Waals surface area contributed by atoms with Crippen molar-refractivity contribution in [2.24, 2.45) is 5.92 Å². The van der Waals surface area contributed by atoms with Crippen molar-refractivity contribution in [3.63, 3.8) is 0 Å². The van der Waals surface area contributed by atoms with Gasteiger partial charge in [0.1, 0.15) is 17.6 Å². The molecule has 4 nitrogen and oxygen atoms in total. The van der Waals surface area contributed by atoms with Gasteiger partial charge in [-0.1, -0.05) is 24.3 Å². The van der Waals surface area contributed by atoms with Crippen LogP contribution in [0.2, 0.25) is 0 Å². The van der Waals surface area contributed by atoms with Crippen LogP contribution < -0.4 is 9.47 Å². The molecule has 1 atom stereocenters. The minimum atomic E-state index is -0.0555. The molecule has 2 aliphatic rings. The second kappa shape index (κ2) is 8.89. The third-order valence-electron chi connectivity index (χ3n) is 6.11. The van der Waals surface area contributed by atoms with Crippen LogP contribution in [0.5, 0.6) is 11.5 Å². The van der Waals surface area contributed by atoms with Gasteiger partial charge in [0, 0.05) is 0 Å². The summed E-state index contributed by atoms with van der Waals surface area (Å²) in [5.41, 5.74) is 3.77. The average Bonchev–Trinajstić information content (AvgIpc) is 2.74. The third-order valence-corrected chi connectivity index (χ3v) is 6.11. The molecule has 1 heterocycles. The molecule has 4 rings (SSSR count). The standard InChI is InChI=1S/C25H30O4/c1-3-27-25(26)18-8-11-20(12-9-18)28-21-13-15-23-19(16-21)10-14-24(29-23)22-7-5-4-6-17(22)2/h4-7,13,15-16,18,20,24H,3,8-12,14H2,1-2H3/t18-,20+,24?. The molecule has 0 radical (unpaired) electrons. The maximum Gasteiger partial charge on any atom is 0.308 e. The molecule has 0 saturated heterocycles. The zero-order valence-electron chi connectivity index (χ0n) is 17.4. The van der Waals surface area contributed by atoms with E-state index in [9.17, 15) is 4.79 Å². The molecule has 1 aliphatic heterocycles. The lowest BCUT2D eigenvalue weighted by molar-refractivity contribution is -0.149. The number of carbonyl (C=O) groups excluding carboxylic acids is 1. The summed E-state index contributed by atoms with van der Waals surface area (Å²) in [7, 11) is 0. The molecule has 0 amide bonds. The van der Waals surface area contributed by atoms with Crippen molar-refractivity contribution in [1.82, 2.24) is 0 Å². The first kappa shape index (κ1) is 19.8. The number of hydrogen-bond acceptors (Lipinski definition) is 4. The van der Waals surface area contributed by atoms with Gasteiger partial charge in [-0.25, -0.2) is 0 Å². The fourth-order valence-electron chi connectivity index (χ4n) is 4.47. The molecule has 1 fully saturated rings. The molecule has 0 bridgehead atoms. The Kier molecular flexibility index (Phi) is 6.08. The Labute approximate surface area is 173 Å². The van der Waals surface area contributed by atoms with Gasteiger partial charge < -0.3 is 14.2 Å². The lowest BCUT2D eigenvalue weighted by atomic mass is 9.87. The summed E-state index contributed by atoms with van der Waals surface area (Å²) >= 11 is 0. The highest BCUT2D eigenvalue weighted by Crippen LogP contribution is 2.38.